The lowest BCUT2D eigenvalue weighted by atomic mass is 9.92. The second kappa shape index (κ2) is 6.79. The van der Waals surface area contributed by atoms with E-state index in [9.17, 15) is 18.8 Å². The van der Waals surface area contributed by atoms with Gasteiger partial charge in [-0.15, -0.1) is 10.2 Å². The van der Waals surface area contributed by atoms with E-state index in [1.165, 1.54) is 42.5 Å². The SMILES string of the molecule is CCc1nnc(NC(=O)CN2C(=O)N[C@@](C)(c3ccc(F)cc3)C2=O)s1. The summed E-state index contributed by atoms with van der Waals surface area (Å²) in [5, 5.41) is 13.9. The number of rotatable bonds is 5. The quantitative estimate of drug-likeness (QED) is 0.771. The Hall–Kier alpha value is -2.88. The van der Waals surface area contributed by atoms with Crippen molar-refractivity contribution >= 4 is 34.3 Å². The molecule has 3 rings (SSSR count). The molecule has 26 heavy (non-hydrogen) atoms. The molecule has 2 heterocycles. The fourth-order valence-electron chi connectivity index (χ4n) is 2.57. The maximum absolute atomic E-state index is 13.1. The van der Waals surface area contributed by atoms with E-state index in [0.717, 1.165) is 9.91 Å². The van der Waals surface area contributed by atoms with Crippen molar-refractivity contribution in [2.24, 2.45) is 0 Å². The number of aryl methyl sites for hydroxylation is 1. The van der Waals surface area contributed by atoms with Crippen molar-refractivity contribution < 1.29 is 18.8 Å². The molecule has 2 aromatic rings. The summed E-state index contributed by atoms with van der Waals surface area (Å²) in [4.78, 5) is 37.9. The molecule has 136 valence electrons. The largest absolute Gasteiger partial charge is 0.325 e. The molecule has 1 aliphatic rings. The van der Waals surface area contributed by atoms with Crippen molar-refractivity contribution in [3.05, 3.63) is 40.7 Å². The number of benzene rings is 1. The van der Waals surface area contributed by atoms with E-state index in [1.54, 1.807) is 0 Å². The van der Waals surface area contributed by atoms with Crippen molar-refractivity contribution in [3.8, 4) is 0 Å². The van der Waals surface area contributed by atoms with Crippen LogP contribution in [0.15, 0.2) is 24.3 Å². The number of hydrogen-bond donors (Lipinski definition) is 2. The normalized spacial score (nSPS) is 19.6. The zero-order valence-electron chi connectivity index (χ0n) is 14.1. The number of halogens is 1. The van der Waals surface area contributed by atoms with Gasteiger partial charge in [0.15, 0.2) is 0 Å². The molecular formula is C16H16FN5O3S. The summed E-state index contributed by atoms with van der Waals surface area (Å²) < 4.78 is 13.1. The maximum Gasteiger partial charge on any atom is 0.325 e. The zero-order chi connectivity index (χ0) is 18.9. The van der Waals surface area contributed by atoms with Crippen molar-refractivity contribution in [2.75, 3.05) is 11.9 Å². The number of amides is 4. The van der Waals surface area contributed by atoms with Crippen LogP contribution in [0.2, 0.25) is 0 Å². The molecule has 0 spiro atoms. The summed E-state index contributed by atoms with van der Waals surface area (Å²) in [6, 6.07) is 4.56. The number of nitrogens with one attached hydrogen (secondary N) is 2. The van der Waals surface area contributed by atoms with Gasteiger partial charge in [-0.3, -0.25) is 19.8 Å². The third-order valence-corrected chi connectivity index (χ3v) is 5.00. The highest BCUT2D eigenvalue weighted by Gasteiger charge is 2.49. The Labute approximate surface area is 152 Å². The van der Waals surface area contributed by atoms with E-state index in [1.807, 2.05) is 6.92 Å². The lowest BCUT2D eigenvalue weighted by Gasteiger charge is -2.22. The van der Waals surface area contributed by atoms with Gasteiger partial charge in [0.1, 0.15) is 22.9 Å². The Bertz CT molecular complexity index is 869. The monoisotopic (exact) mass is 377 g/mol. The Morgan fingerprint density at radius 2 is 2.00 bits per heavy atom. The average molecular weight is 377 g/mol. The summed E-state index contributed by atoms with van der Waals surface area (Å²) >= 11 is 1.23. The van der Waals surface area contributed by atoms with Gasteiger partial charge in [0.05, 0.1) is 0 Å². The number of nitrogens with zero attached hydrogens (tertiary/aromatic N) is 3. The first-order chi connectivity index (χ1) is 12.3. The van der Waals surface area contributed by atoms with Gasteiger partial charge in [0.2, 0.25) is 11.0 Å². The molecule has 10 heteroatoms. The van der Waals surface area contributed by atoms with Crippen LogP contribution in [-0.2, 0) is 21.5 Å². The van der Waals surface area contributed by atoms with Crippen LogP contribution in [0.1, 0.15) is 24.4 Å². The minimum Gasteiger partial charge on any atom is -0.319 e. The summed E-state index contributed by atoms with van der Waals surface area (Å²) in [7, 11) is 0. The Morgan fingerprint density at radius 1 is 1.31 bits per heavy atom. The summed E-state index contributed by atoms with van der Waals surface area (Å²) in [6.07, 6.45) is 0.691. The molecule has 1 saturated heterocycles. The number of carbonyl (C=O) groups is 3. The van der Waals surface area contributed by atoms with Crippen LogP contribution in [0, 0.1) is 5.82 Å². The van der Waals surface area contributed by atoms with E-state index in [0.29, 0.717) is 17.1 Å². The predicted octanol–water partition coefficient (Wildman–Crippen LogP) is 1.65. The second-order valence-corrected chi connectivity index (χ2v) is 6.92. The molecule has 1 atom stereocenters. The molecule has 2 N–H and O–H groups in total. The molecule has 0 unspecified atom stereocenters. The molecule has 0 bridgehead atoms. The third-order valence-electron chi connectivity index (χ3n) is 4.01. The molecule has 1 aromatic heterocycles. The molecule has 1 aromatic carbocycles. The van der Waals surface area contributed by atoms with Gasteiger partial charge in [-0.1, -0.05) is 30.4 Å². The second-order valence-electron chi connectivity index (χ2n) is 5.86. The van der Waals surface area contributed by atoms with Crippen LogP contribution in [0.5, 0.6) is 0 Å². The molecule has 0 saturated carbocycles. The highest BCUT2D eigenvalue weighted by atomic mass is 32.1. The molecule has 0 radical (unpaired) electrons. The predicted molar refractivity (Wildman–Crippen MR) is 91.9 cm³/mol. The van der Waals surface area contributed by atoms with E-state index < -0.39 is 35.7 Å². The van der Waals surface area contributed by atoms with Gasteiger partial charge in [0.25, 0.3) is 5.91 Å². The smallest absolute Gasteiger partial charge is 0.319 e. The topological polar surface area (TPSA) is 104 Å². The van der Waals surface area contributed by atoms with Gasteiger partial charge in [0, 0.05) is 0 Å². The van der Waals surface area contributed by atoms with E-state index in [-0.39, 0.29) is 0 Å². The number of anilines is 1. The minimum atomic E-state index is -1.36. The van der Waals surface area contributed by atoms with Gasteiger partial charge >= 0.3 is 6.03 Å². The molecule has 4 amide bonds. The lowest BCUT2D eigenvalue weighted by Crippen LogP contribution is -2.42. The maximum atomic E-state index is 13.1. The first-order valence-corrected chi connectivity index (χ1v) is 8.67. The van der Waals surface area contributed by atoms with Gasteiger partial charge in [-0.2, -0.15) is 0 Å². The standard InChI is InChI=1S/C16H16FN5O3S/c1-3-12-20-21-14(26-12)18-11(23)8-22-13(24)16(2,19-15(22)25)9-4-6-10(17)7-5-9/h4-7H,3,8H2,1-2H3,(H,19,25)(H,18,21,23)/t16-/m0/s1. The van der Waals surface area contributed by atoms with Crippen molar-refractivity contribution in [3.63, 3.8) is 0 Å². The van der Waals surface area contributed by atoms with E-state index in [4.69, 9.17) is 0 Å². The first-order valence-electron chi connectivity index (χ1n) is 7.86. The molecule has 1 aliphatic heterocycles. The number of imide groups is 1. The first kappa shape index (κ1) is 17.9. The van der Waals surface area contributed by atoms with Gasteiger partial charge in [-0.25, -0.2) is 9.18 Å². The van der Waals surface area contributed by atoms with Crippen LogP contribution in [0.4, 0.5) is 14.3 Å². The number of urea groups is 1. The summed E-state index contributed by atoms with van der Waals surface area (Å²) in [5.74, 6) is -1.60. The highest BCUT2D eigenvalue weighted by Crippen LogP contribution is 2.29. The van der Waals surface area contributed by atoms with Crippen molar-refractivity contribution in [1.82, 2.24) is 20.4 Å². The van der Waals surface area contributed by atoms with Gasteiger partial charge < -0.3 is 5.32 Å². The summed E-state index contributed by atoms with van der Waals surface area (Å²) in [5.41, 5.74) is -0.930. The average Bonchev–Trinajstić information content (AvgIpc) is 3.14. The lowest BCUT2D eigenvalue weighted by molar-refractivity contribution is -0.133. The van der Waals surface area contributed by atoms with Crippen LogP contribution in [0.3, 0.4) is 0 Å². The van der Waals surface area contributed by atoms with Crippen LogP contribution in [0.25, 0.3) is 0 Å². The molecular weight excluding hydrogens is 361 g/mol. The molecule has 8 nitrogen and oxygen atoms in total. The Morgan fingerprint density at radius 3 is 2.62 bits per heavy atom. The van der Waals surface area contributed by atoms with Crippen LogP contribution in [-0.4, -0.2) is 39.5 Å². The molecule has 0 aliphatic carbocycles. The highest BCUT2D eigenvalue weighted by molar-refractivity contribution is 7.15. The van der Waals surface area contributed by atoms with E-state index >= 15 is 0 Å². The minimum absolute atomic E-state index is 0.306. The third kappa shape index (κ3) is 3.27. The Balaban J connectivity index is 1.72. The van der Waals surface area contributed by atoms with E-state index in [2.05, 4.69) is 20.8 Å². The van der Waals surface area contributed by atoms with Crippen molar-refractivity contribution in [2.45, 2.75) is 25.8 Å². The molecule has 1 fully saturated rings. The number of hydrogen-bond acceptors (Lipinski definition) is 6. The van der Waals surface area contributed by atoms with Crippen LogP contribution >= 0.6 is 11.3 Å². The fourth-order valence-corrected chi connectivity index (χ4v) is 3.26. The zero-order valence-corrected chi connectivity index (χ0v) is 14.9. The fraction of sp³-hybridized carbons (Fsp3) is 0.312. The van der Waals surface area contributed by atoms with Crippen molar-refractivity contribution in [1.29, 1.82) is 0 Å². The summed E-state index contributed by atoms with van der Waals surface area (Å²) in [6.45, 7) is 2.97. The number of aromatic nitrogens is 2. The Kier molecular flexibility index (Phi) is 4.68. The van der Waals surface area contributed by atoms with Crippen LogP contribution < -0.4 is 10.6 Å². The van der Waals surface area contributed by atoms with Gasteiger partial charge in [-0.05, 0) is 31.0 Å². The number of carbonyl (C=O) groups excluding carboxylic acids is 3.